The van der Waals surface area contributed by atoms with Crippen molar-refractivity contribution in [1.82, 2.24) is 4.31 Å². The minimum atomic E-state index is -3.58. The number of hydrogen-bond donors (Lipinski definition) is 1. The second-order valence-corrected chi connectivity index (χ2v) is 10.8. The largest absolute Gasteiger partial charge is 0.322 e. The van der Waals surface area contributed by atoms with Gasteiger partial charge in [-0.3, -0.25) is 9.59 Å². The minimum absolute atomic E-state index is 0.159. The van der Waals surface area contributed by atoms with Crippen LogP contribution in [0.3, 0.4) is 0 Å². The maximum absolute atomic E-state index is 13.2. The number of anilines is 1. The van der Waals surface area contributed by atoms with E-state index in [4.69, 9.17) is 0 Å². The van der Waals surface area contributed by atoms with Crippen LogP contribution in [0.2, 0.25) is 0 Å². The van der Waals surface area contributed by atoms with Crippen LogP contribution in [0.15, 0.2) is 41.3 Å². The van der Waals surface area contributed by atoms with Crippen LogP contribution in [0.4, 0.5) is 5.69 Å². The second-order valence-electron chi connectivity index (χ2n) is 8.87. The highest BCUT2D eigenvalue weighted by Crippen LogP contribution is 2.29. The number of rotatable bonds is 4. The number of hydrogen-bond acceptors (Lipinski definition) is 4. The van der Waals surface area contributed by atoms with Crippen molar-refractivity contribution in [3.05, 3.63) is 58.7 Å². The molecule has 2 amide bonds. The van der Waals surface area contributed by atoms with Gasteiger partial charge in [-0.15, -0.1) is 0 Å². The molecule has 0 saturated carbocycles. The summed E-state index contributed by atoms with van der Waals surface area (Å²) < 4.78 is 27.7. The number of piperazine rings is 1. The number of carbonyl (C=O) groups excluding carboxylic acids is 2. The molecule has 2 aromatic carbocycles. The molecule has 2 saturated heterocycles. The van der Waals surface area contributed by atoms with Crippen LogP contribution >= 0.6 is 0 Å². The van der Waals surface area contributed by atoms with Crippen molar-refractivity contribution in [2.75, 3.05) is 31.1 Å². The average molecular weight is 457 g/mol. The fourth-order valence-electron chi connectivity index (χ4n) is 4.73. The predicted octanol–water partition coefficient (Wildman–Crippen LogP) is 1.14. The van der Waals surface area contributed by atoms with E-state index in [1.807, 2.05) is 52.0 Å². The number of quaternary nitrogens is 1. The SMILES string of the molecule is Cc1ccc(S(=O)(=O)N2CC[NH+]([C@H]3CC(=O)N(c4c(C)cccc4C)C3=O)CC2)cc1C. The molecule has 0 aromatic heterocycles. The summed E-state index contributed by atoms with van der Waals surface area (Å²) in [7, 11) is -3.58. The van der Waals surface area contributed by atoms with Gasteiger partial charge in [0, 0.05) is 0 Å². The second kappa shape index (κ2) is 8.42. The number of sulfonamides is 1. The van der Waals surface area contributed by atoms with E-state index in [-0.39, 0.29) is 18.2 Å². The molecular weight excluding hydrogens is 426 g/mol. The third-order valence-corrected chi connectivity index (χ3v) is 8.68. The molecule has 4 rings (SSSR count). The van der Waals surface area contributed by atoms with Gasteiger partial charge in [0.15, 0.2) is 6.04 Å². The topological polar surface area (TPSA) is 79.2 Å². The molecule has 170 valence electrons. The molecule has 8 heteroatoms. The van der Waals surface area contributed by atoms with Gasteiger partial charge in [0.2, 0.25) is 15.9 Å². The Morgan fingerprint density at radius 2 is 1.50 bits per heavy atom. The highest BCUT2D eigenvalue weighted by Gasteiger charge is 2.47. The molecule has 7 nitrogen and oxygen atoms in total. The summed E-state index contributed by atoms with van der Waals surface area (Å²) in [6.07, 6.45) is 0.159. The van der Waals surface area contributed by atoms with Crippen LogP contribution in [0.5, 0.6) is 0 Å². The molecule has 2 aliphatic rings. The van der Waals surface area contributed by atoms with Crippen molar-refractivity contribution in [2.24, 2.45) is 0 Å². The summed E-state index contributed by atoms with van der Waals surface area (Å²) in [5.74, 6) is -0.372. The molecule has 0 bridgehead atoms. The van der Waals surface area contributed by atoms with Gasteiger partial charge < -0.3 is 4.90 Å². The van der Waals surface area contributed by atoms with Gasteiger partial charge in [0.05, 0.1) is 43.2 Å². The maximum Gasteiger partial charge on any atom is 0.292 e. The first kappa shape index (κ1) is 22.6. The van der Waals surface area contributed by atoms with Gasteiger partial charge in [-0.1, -0.05) is 24.3 Å². The quantitative estimate of drug-likeness (QED) is 0.700. The zero-order chi connectivity index (χ0) is 23.2. The molecule has 1 atom stereocenters. The lowest BCUT2D eigenvalue weighted by molar-refractivity contribution is -0.918. The van der Waals surface area contributed by atoms with Crippen molar-refractivity contribution >= 4 is 27.5 Å². The third-order valence-electron chi connectivity index (χ3n) is 6.78. The van der Waals surface area contributed by atoms with Gasteiger partial charge in [0.25, 0.3) is 5.91 Å². The zero-order valence-electron chi connectivity index (χ0n) is 19.0. The molecule has 0 aliphatic carbocycles. The van der Waals surface area contributed by atoms with E-state index >= 15 is 0 Å². The van der Waals surface area contributed by atoms with Gasteiger partial charge >= 0.3 is 0 Å². The van der Waals surface area contributed by atoms with E-state index in [0.29, 0.717) is 36.8 Å². The number of benzene rings is 2. The lowest BCUT2D eigenvalue weighted by Crippen LogP contribution is -3.19. The first-order chi connectivity index (χ1) is 15.1. The molecular formula is C24H30N3O4S+. The van der Waals surface area contributed by atoms with Gasteiger partial charge in [-0.2, -0.15) is 4.31 Å². The van der Waals surface area contributed by atoms with Gasteiger partial charge in [-0.25, -0.2) is 13.3 Å². The molecule has 32 heavy (non-hydrogen) atoms. The van der Waals surface area contributed by atoms with Crippen molar-refractivity contribution in [1.29, 1.82) is 0 Å². The van der Waals surface area contributed by atoms with E-state index in [1.165, 1.54) is 9.21 Å². The number of amides is 2. The summed E-state index contributed by atoms with van der Waals surface area (Å²) in [6, 6.07) is 10.4. The summed E-state index contributed by atoms with van der Waals surface area (Å²) in [4.78, 5) is 28.7. The number of imide groups is 1. The van der Waals surface area contributed by atoms with Crippen LogP contribution in [0.1, 0.15) is 28.7 Å². The number of carbonyl (C=O) groups is 2. The summed E-state index contributed by atoms with van der Waals surface area (Å²) >= 11 is 0. The molecule has 2 fully saturated rings. The fourth-order valence-corrected chi connectivity index (χ4v) is 6.26. The number of aryl methyl sites for hydroxylation is 4. The first-order valence-electron chi connectivity index (χ1n) is 11.0. The minimum Gasteiger partial charge on any atom is -0.322 e. The number of nitrogens with zero attached hydrogens (tertiary/aromatic N) is 2. The van der Waals surface area contributed by atoms with E-state index < -0.39 is 16.1 Å². The number of para-hydroxylation sites is 1. The van der Waals surface area contributed by atoms with Gasteiger partial charge in [0.1, 0.15) is 0 Å². The van der Waals surface area contributed by atoms with Crippen LogP contribution in [-0.4, -0.2) is 56.8 Å². The zero-order valence-corrected chi connectivity index (χ0v) is 19.8. The van der Waals surface area contributed by atoms with Crippen molar-refractivity contribution in [2.45, 2.75) is 45.1 Å². The Kier molecular flexibility index (Phi) is 5.96. The molecule has 2 heterocycles. The Hall–Kier alpha value is -2.55. The number of nitrogens with one attached hydrogen (secondary N) is 1. The Balaban J connectivity index is 1.48. The lowest BCUT2D eigenvalue weighted by Gasteiger charge is -2.33. The Morgan fingerprint density at radius 3 is 2.09 bits per heavy atom. The summed E-state index contributed by atoms with van der Waals surface area (Å²) in [5, 5.41) is 0. The van der Waals surface area contributed by atoms with Crippen molar-refractivity contribution in [3.8, 4) is 0 Å². The Bertz CT molecular complexity index is 1160. The predicted molar refractivity (Wildman–Crippen MR) is 122 cm³/mol. The Labute approximate surface area is 189 Å². The molecule has 2 aliphatic heterocycles. The standard InChI is InChI=1S/C24H29N3O4S/c1-16-8-9-20(14-19(16)4)32(30,31)26-12-10-25(11-13-26)21-15-22(28)27(24(21)29)23-17(2)6-5-7-18(23)3/h5-9,14,21H,10-13,15H2,1-4H3/p+1/t21-/m0/s1. The normalized spacial score (nSPS) is 20.9. The molecule has 2 aromatic rings. The average Bonchev–Trinajstić information content (AvgIpc) is 3.04. The van der Waals surface area contributed by atoms with Gasteiger partial charge in [-0.05, 0) is 62.1 Å². The van der Waals surface area contributed by atoms with E-state index in [0.717, 1.165) is 27.2 Å². The molecule has 0 unspecified atom stereocenters. The molecule has 0 radical (unpaired) electrons. The highest BCUT2D eigenvalue weighted by atomic mass is 32.2. The first-order valence-corrected chi connectivity index (χ1v) is 12.4. The van der Waals surface area contributed by atoms with E-state index in [9.17, 15) is 18.0 Å². The maximum atomic E-state index is 13.2. The molecule has 0 spiro atoms. The monoisotopic (exact) mass is 456 g/mol. The lowest BCUT2D eigenvalue weighted by atomic mass is 10.1. The highest BCUT2D eigenvalue weighted by molar-refractivity contribution is 7.89. The Morgan fingerprint density at radius 1 is 0.875 bits per heavy atom. The molecule has 1 N–H and O–H groups in total. The van der Waals surface area contributed by atoms with Crippen LogP contribution in [0, 0.1) is 27.7 Å². The summed E-state index contributed by atoms with van der Waals surface area (Å²) in [5.41, 5.74) is 4.46. The fraction of sp³-hybridized carbons (Fsp3) is 0.417. The van der Waals surface area contributed by atoms with Crippen molar-refractivity contribution in [3.63, 3.8) is 0 Å². The summed E-state index contributed by atoms with van der Waals surface area (Å²) in [6.45, 7) is 9.30. The third kappa shape index (κ3) is 3.87. The van der Waals surface area contributed by atoms with Crippen LogP contribution in [-0.2, 0) is 19.6 Å². The van der Waals surface area contributed by atoms with Crippen LogP contribution in [0.25, 0.3) is 0 Å². The van der Waals surface area contributed by atoms with Crippen LogP contribution < -0.4 is 9.80 Å². The van der Waals surface area contributed by atoms with E-state index in [1.54, 1.807) is 12.1 Å². The van der Waals surface area contributed by atoms with E-state index in [2.05, 4.69) is 0 Å². The smallest absolute Gasteiger partial charge is 0.292 e. The van der Waals surface area contributed by atoms with Crippen molar-refractivity contribution < 1.29 is 22.9 Å².